The van der Waals surface area contributed by atoms with Crippen LogP contribution in [0, 0.1) is 11.8 Å². The second-order valence-electron chi connectivity index (χ2n) is 7.89. The number of likely N-dealkylation sites (tertiary alicyclic amines) is 2. The molecule has 0 N–H and O–H groups in total. The quantitative estimate of drug-likeness (QED) is 0.751. The van der Waals surface area contributed by atoms with E-state index in [1.807, 2.05) is 9.80 Å². The first kappa shape index (κ1) is 18.7. The Morgan fingerprint density at radius 3 is 1.40 bits per heavy atom. The average molecular weight is 371 g/mol. The van der Waals surface area contributed by atoms with Gasteiger partial charge in [0, 0.05) is 39.0 Å². The molecule has 0 aromatic carbocycles. The van der Waals surface area contributed by atoms with Crippen molar-refractivity contribution in [2.24, 2.45) is 11.8 Å². The van der Waals surface area contributed by atoms with Crippen molar-refractivity contribution in [2.75, 3.05) is 37.7 Å². The Morgan fingerprint density at radius 2 is 1.04 bits per heavy atom. The number of hydrogen-bond acceptors (Lipinski definition) is 4. The minimum absolute atomic E-state index is 0.0600. The summed E-state index contributed by atoms with van der Waals surface area (Å²) in [4.78, 5) is 28.8. The second kappa shape index (κ2) is 8.06. The molecule has 3 heterocycles. The highest BCUT2D eigenvalue weighted by Crippen LogP contribution is 2.32. The van der Waals surface area contributed by atoms with Gasteiger partial charge in [-0.25, -0.2) is 8.42 Å². The van der Waals surface area contributed by atoms with Crippen LogP contribution in [0.3, 0.4) is 0 Å². The van der Waals surface area contributed by atoms with Crippen LogP contribution in [-0.2, 0) is 19.4 Å². The molecule has 142 valence electrons. The third kappa shape index (κ3) is 4.96. The van der Waals surface area contributed by atoms with Gasteiger partial charge >= 0.3 is 0 Å². The van der Waals surface area contributed by atoms with E-state index in [1.54, 1.807) is 0 Å². The van der Waals surface area contributed by atoms with Gasteiger partial charge in [0.15, 0.2) is 9.84 Å². The second-order valence-corrected chi connectivity index (χ2v) is 10.0. The van der Waals surface area contributed by atoms with E-state index in [1.165, 1.54) is 0 Å². The molecule has 0 spiro atoms. The van der Waals surface area contributed by atoms with Gasteiger partial charge in [0.1, 0.15) is 0 Å². The van der Waals surface area contributed by atoms with E-state index < -0.39 is 9.84 Å². The van der Waals surface area contributed by atoms with E-state index in [0.717, 1.165) is 64.7 Å². The maximum absolute atomic E-state index is 12.5. The molecule has 2 unspecified atom stereocenters. The first-order valence-electron chi connectivity index (χ1n) is 9.70. The van der Waals surface area contributed by atoms with Crippen LogP contribution in [0.5, 0.6) is 0 Å². The van der Waals surface area contributed by atoms with Gasteiger partial charge in [-0.05, 0) is 50.4 Å². The molecule has 0 saturated carbocycles. The molecule has 2 amide bonds. The van der Waals surface area contributed by atoms with Gasteiger partial charge in [-0.15, -0.1) is 0 Å². The minimum atomic E-state index is -3.14. The molecule has 7 heteroatoms. The number of piperidine rings is 2. The van der Waals surface area contributed by atoms with Crippen molar-refractivity contribution in [3.63, 3.8) is 0 Å². The lowest BCUT2D eigenvalue weighted by Crippen LogP contribution is -2.39. The smallest absolute Gasteiger partial charge is 0.222 e. The Bertz CT molecular complexity index is 546. The van der Waals surface area contributed by atoms with Crippen molar-refractivity contribution in [3.8, 4) is 0 Å². The summed E-state index contributed by atoms with van der Waals surface area (Å²) in [5, 5.41) is 0. The number of rotatable bonds is 4. The third-order valence-corrected chi connectivity index (χ3v) is 7.77. The SMILES string of the molecule is O=C(CC1CS(=O)(=O)CC1CC(=O)N1CCCCC1)N1CCCCC1. The Labute approximate surface area is 150 Å². The largest absolute Gasteiger partial charge is 0.343 e. The fraction of sp³-hybridized carbons (Fsp3) is 0.889. The van der Waals surface area contributed by atoms with Crippen LogP contribution in [0.4, 0.5) is 0 Å². The summed E-state index contributed by atoms with van der Waals surface area (Å²) in [7, 11) is -3.14. The fourth-order valence-electron chi connectivity index (χ4n) is 4.44. The van der Waals surface area contributed by atoms with Gasteiger partial charge in [-0.1, -0.05) is 0 Å². The van der Waals surface area contributed by atoms with E-state index in [2.05, 4.69) is 0 Å². The molecule has 0 aliphatic carbocycles. The Balaban J connectivity index is 1.60. The molecule has 0 aromatic heterocycles. The Hall–Kier alpha value is -1.11. The van der Waals surface area contributed by atoms with Crippen molar-refractivity contribution in [3.05, 3.63) is 0 Å². The lowest BCUT2D eigenvalue weighted by molar-refractivity contribution is -0.135. The first-order valence-corrected chi connectivity index (χ1v) is 11.5. The topological polar surface area (TPSA) is 74.8 Å². The van der Waals surface area contributed by atoms with Gasteiger partial charge in [-0.3, -0.25) is 9.59 Å². The summed E-state index contributed by atoms with van der Waals surface area (Å²) >= 11 is 0. The summed E-state index contributed by atoms with van der Waals surface area (Å²) in [6.45, 7) is 3.15. The number of amides is 2. The lowest BCUT2D eigenvalue weighted by atomic mass is 9.89. The summed E-state index contributed by atoms with van der Waals surface area (Å²) in [6.07, 6.45) is 7.01. The lowest BCUT2D eigenvalue weighted by Gasteiger charge is -2.30. The van der Waals surface area contributed by atoms with E-state index in [9.17, 15) is 18.0 Å². The van der Waals surface area contributed by atoms with Crippen LogP contribution >= 0.6 is 0 Å². The van der Waals surface area contributed by atoms with Crippen LogP contribution < -0.4 is 0 Å². The van der Waals surface area contributed by atoms with Gasteiger partial charge in [-0.2, -0.15) is 0 Å². The zero-order valence-electron chi connectivity index (χ0n) is 15.0. The number of nitrogens with zero attached hydrogens (tertiary/aromatic N) is 2. The number of carbonyl (C=O) groups excluding carboxylic acids is 2. The molecule has 25 heavy (non-hydrogen) atoms. The fourth-order valence-corrected chi connectivity index (χ4v) is 6.66. The molecule has 3 aliphatic rings. The number of sulfone groups is 1. The molecule has 3 saturated heterocycles. The predicted octanol–water partition coefficient (Wildman–Crippen LogP) is 1.45. The maximum atomic E-state index is 12.5. The van der Waals surface area contributed by atoms with Crippen LogP contribution in [-0.4, -0.2) is 67.7 Å². The van der Waals surface area contributed by atoms with Gasteiger partial charge in [0.05, 0.1) is 11.5 Å². The Kier molecular flexibility index (Phi) is 6.02. The highest BCUT2D eigenvalue weighted by Gasteiger charge is 2.40. The van der Waals surface area contributed by atoms with E-state index in [4.69, 9.17) is 0 Å². The van der Waals surface area contributed by atoms with E-state index in [0.29, 0.717) is 0 Å². The monoisotopic (exact) mass is 370 g/mol. The minimum Gasteiger partial charge on any atom is -0.343 e. The van der Waals surface area contributed by atoms with Crippen LogP contribution in [0.2, 0.25) is 0 Å². The third-order valence-electron chi connectivity index (χ3n) is 5.89. The Morgan fingerprint density at radius 1 is 0.680 bits per heavy atom. The van der Waals surface area contributed by atoms with Crippen molar-refractivity contribution < 1.29 is 18.0 Å². The van der Waals surface area contributed by atoms with E-state index in [-0.39, 0.29) is 48.0 Å². The number of carbonyl (C=O) groups is 2. The molecular formula is C18H30N2O4S. The highest BCUT2D eigenvalue weighted by molar-refractivity contribution is 7.91. The molecule has 2 atom stereocenters. The highest BCUT2D eigenvalue weighted by atomic mass is 32.2. The van der Waals surface area contributed by atoms with Crippen molar-refractivity contribution in [1.29, 1.82) is 0 Å². The van der Waals surface area contributed by atoms with Crippen molar-refractivity contribution in [1.82, 2.24) is 9.80 Å². The molecule has 3 rings (SSSR count). The van der Waals surface area contributed by atoms with Gasteiger partial charge < -0.3 is 9.80 Å². The van der Waals surface area contributed by atoms with E-state index >= 15 is 0 Å². The molecule has 3 aliphatic heterocycles. The predicted molar refractivity (Wildman–Crippen MR) is 95.7 cm³/mol. The maximum Gasteiger partial charge on any atom is 0.222 e. The summed E-state index contributed by atoms with van der Waals surface area (Å²) in [6, 6.07) is 0. The first-order chi connectivity index (χ1) is 11.9. The standard InChI is InChI=1S/C18H30N2O4S/c21-17(19-7-3-1-4-8-19)11-15-13-25(23,24)14-16(15)12-18(22)20-9-5-2-6-10-20/h15-16H,1-14H2. The van der Waals surface area contributed by atoms with Crippen LogP contribution in [0.15, 0.2) is 0 Å². The average Bonchev–Trinajstić information content (AvgIpc) is 2.89. The van der Waals surface area contributed by atoms with Gasteiger partial charge in [0.25, 0.3) is 0 Å². The molecule has 6 nitrogen and oxygen atoms in total. The summed E-state index contributed by atoms with van der Waals surface area (Å²) in [5.41, 5.74) is 0. The van der Waals surface area contributed by atoms with Gasteiger partial charge in [0.2, 0.25) is 11.8 Å². The molecular weight excluding hydrogens is 340 g/mol. The molecule has 0 radical (unpaired) electrons. The zero-order chi connectivity index (χ0) is 17.9. The summed E-state index contributed by atoms with van der Waals surface area (Å²) in [5.74, 6) is -0.148. The van der Waals surface area contributed by atoms with Crippen molar-refractivity contribution in [2.45, 2.75) is 51.4 Å². The molecule has 0 aromatic rings. The van der Waals surface area contributed by atoms with Crippen LogP contribution in [0.25, 0.3) is 0 Å². The zero-order valence-corrected chi connectivity index (χ0v) is 15.8. The molecule has 3 fully saturated rings. The van der Waals surface area contributed by atoms with Crippen molar-refractivity contribution >= 4 is 21.7 Å². The summed E-state index contributed by atoms with van der Waals surface area (Å²) < 4.78 is 24.2. The number of hydrogen-bond donors (Lipinski definition) is 0. The molecule has 0 bridgehead atoms. The normalized spacial score (nSPS) is 29.6. The van der Waals surface area contributed by atoms with Crippen LogP contribution in [0.1, 0.15) is 51.4 Å².